The normalized spacial score (nSPS) is 14.1. The number of hydrogen-bond donors (Lipinski definition) is 0. The minimum Gasteiger partial charge on any atom is -0.459 e. The Morgan fingerprint density at radius 1 is 1.32 bits per heavy atom. The molecule has 4 heteroatoms. The van der Waals surface area contributed by atoms with Crippen molar-refractivity contribution in [2.75, 3.05) is 18.0 Å². The molecule has 0 aliphatic carbocycles. The van der Waals surface area contributed by atoms with Crippen molar-refractivity contribution in [3.63, 3.8) is 0 Å². The van der Waals surface area contributed by atoms with Gasteiger partial charge in [0.25, 0.3) is 0 Å². The van der Waals surface area contributed by atoms with Crippen molar-refractivity contribution in [2.24, 2.45) is 0 Å². The number of esters is 1. The fourth-order valence-corrected chi connectivity index (χ4v) is 2.01. The Morgan fingerprint density at radius 3 is 2.53 bits per heavy atom. The van der Waals surface area contributed by atoms with E-state index < -0.39 is 0 Å². The minimum absolute atomic E-state index is 0.103. The largest absolute Gasteiger partial charge is 0.459 e. The second kappa shape index (κ2) is 7.77. The zero-order valence-electron chi connectivity index (χ0n) is 12.3. The van der Waals surface area contributed by atoms with Gasteiger partial charge in [0.05, 0.1) is 6.10 Å². The molecule has 0 spiro atoms. The zero-order valence-corrected chi connectivity index (χ0v) is 12.3. The van der Waals surface area contributed by atoms with Crippen LogP contribution in [0.4, 0.5) is 5.82 Å². The Labute approximate surface area is 115 Å². The predicted octanol–water partition coefficient (Wildman–Crippen LogP) is 3.27. The molecule has 0 N–H and O–H groups in total. The van der Waals surface area contributed by atoms with Gasteiger partial charge < -0.3 is 9.64 Å². The quantitative estimate of drug-likeness (QED) is 0.786. The third kappa shape index (κ3) is 4.23. The average molecular weight is 264 g/mol. The maximum Gasteiger partial charge on any atom is 0.342 e. The highest BCUT2D eigenvalue weighted by atomic mass is 16.5. The van der Waals surface area contributed by atoms with Crippen LogP contribution in [0.15, 0.2) is 18.3 Å². The van der Waals surface area contributed by atoms with Crippen LogP contribution in [-0.2, 0) is 4.74 Å². The first-order valence-corrected chi connectivity index (χ1v) is 7.09. The molecule has 0 bridgehead atoms. The van der Waals surface area contributed by atoms with Crippen LogP contribution >= 0.6 is 0 Å². The number of aromatic nitrogens is 1. The Bertz CT molecular complexity index is 399. The minimum atomic E-state index is -0.282. The van der Waals surface area contributed by atoms with E-state index in [9.17, 15) is 4.79 Å². The van der Waals surface area contributed by atoms with Gasteiger partial charge >= 0.3 is 5.97 Å². The molecule has 4 nitrogen and oxygen atoms in total. The van der Waals surface area contributed by atoms with Crippen LogP contribution in [0.2, 0.25) is 0 Å². The molecule has 106 valence electrons. The SMILES string of the molecule is CC.CC(C)OC(=O)c1cccnc1N1CCCC1. The van der Waals surface area contributed by atoms with Crippen molar-refractivity contribution in [3.8, 4) is 0 Å². The summed E-state index contributed by atoms with van der Waals surface area (Å²) in [7, 11) is 0. The first-order chi connectivity index (χ1) is 9.18. The molecule has 0 amide bonds. The summed E-state index contributed by atoms with van der Waals surface area (Å²) in [6.45, 7) is 9.64. The molecular weight excluding hydrogens is 240 g/mol. The number of rotatable bonds is 3. The molecular formula is C15H24N2O2. The molecule has 2 rings (SSSR count). The lowest BCUT2D eigenvalue weighted by Crippen LogP contribution is -2.23. The van der Waals surface area contributed by atoms with Gasteiger partial charge in [0.2, 0.25) is 0 Å². The molecule has 1 aromatic rings. The number of carbonyl (C=O) groups excluding carboxylic acids is 1. The van der Waals surface area contributed by atoms with Crippen molar-refractivity contribution in [2.45, 2.75) is 46.6 Å². The number of nitrogens with zero attached hydrogens (tertiary/aromatic N) is 2. The van der Waals surface area contributed by atoms with E-state index in [1.54, 1.807) is 18.3 Å². The van der Waals surface area contributed by atoms with Gasteiger partial charge in [0.15, 0.2) is 0 Å². The smallest absolute Gasteiger partial charge is 0.342 e. The van der Waals surface area contributed by atoms with Crippen LogP contribution in [0.1, 0.15) is 50.9 Å². The zero-order chi connectivity index (χ0) is 14.3. The Balaban J connectivity index is 0.000000861. The molecule has 1 aliphatic heterocycles. The van der Waals surface area contributed by atoms with Gasteiger partial charge in [-0.05, 0) is 38.8 Å². The van der Waals surface area contributed by atoms with Gasteiger partial charge in [0.1, 0.15) is 11.4 Å². The van der Waals surface area contributed by atoms with Crippen molar-refractivity contribution in [1.82, 2.24) is 4.98 Å². The summed E-state index contributed by atoms with van der Waals surface area (Å²) in [5, 5.41) is 0. The molecule has 0 atom stereocenters. The number of hydrogen-bond acceptors (Lipinski definition) is 4. The van der Waals surface area contributed by atoms with Crippen molar-refractivity contribution in [3.05, 3.63) is 23.9 Å². The van der Waals surface area contributed by atoms with E-state index in [1.165, 1.54) is 0 Å². The summed E-state index contributed by atoms with van der Waals surface area (Å²) in [6.07, 6.45) is 3.94. The lowest BCUT2D eigenvalue weighted by atomic mass is 10.2. The summed E-state index contributed by atoms with van der Waals surface area (Å²) in [6, 6.07) is 3.56. The fourth-order valence-electron chi connectivity index (χ4n) is 2.01. The summed E-state index contributed by atoms with van der Waals surface area (Å²) < 4.78 is 5.23. The Kier molecular flexibility index (Phi) is 6.33. The van der Waals surface area contributed by atoms with Crippen molar-refractivity contribution < 1.29 is 9.53 Å². The molecule has 1 saturated heterocycles. The lowest BCUT2D eigenvalue weighted by Gasteiger charge is -2.19. The van der Waals surface area contributed by atoms with Gasteiger partial charge in [-0.2, -0.15) is 0 Å². The number of anilines is 1. The van der Waals surface area contributed by atoms with Crippen LogP contribution in [0, 0.1) is 0 Å². The van der Waals surface area contributed by atoms with Crippen LogP contribution < -0.4 is 4.90 Å². The number of ether oxygens (including phenoxy) is 1. The third-order valence-electron chi connectivity index (χ3n) is 2.75. The van der Waals surface area contributed by atoms with Crippen LogP contribution in [0.5, 0.6) is 0 Å². The van der Waals surface area contributed by atoms with Crippen molar-refractivity contribution in [1.29, 1.82) is 0 Å². The lowest BCUT2D eigenvalue weighted by molar-refractivity contribution is 0.0378. The molecule has 0 radical (unpaired) electrons. The van der Waals surface area contributed by atoms with E-state index in [2.05, 4.69) is 9.88 Å². The van der Waals surface area contributed by atoms with E-state index in [1.807, 2.05) is 27.7 Å². The monoisotopic (exact) mass is 264 g/mol. The van der Waals surface area contributed by atoms with E-state index in [4.69, 9.17) is 4.74 Å². The van der Waals surface area contributed by atoms with E-state index >= 15 is 0 Å². The first kappa shape index (κ1) is 15.5. The maximum absolute atomic E-state index is 11.9. The molecule has 2 heterocycles. The summed E-state index contributed by atoms with van der Waals surface area (Å²) in [4.78, 5) is 18.4. The average Bonchev–Trinajstić information content (AvgIpc) is 2.94. The van der Waals surface area contributed by atoms with Crippen LogP contribution in [0.25, 0.3) is 0 Å². The third-order valence-corrected chi connectivity index (χ3v) is 2.75. The van der Waals surface area contributed by atoms with E-state index in [-0.39, 0.29) is 12.1 Å². The highest BCUT2D eigenvalue weighted by Crippen LogP contribution is 2.22. The summed E-state index contributed by atoms with van der Waals surface area (Å²) in [5.74, 6) is 0.477. The topological polar surface area (TPSA) is 42.4 Å². The van der Waals surface area contributed by atoms with Crippen molar-refractivity contribution >= 4 is 11.8 Å². The molecule has 19 heavy (non-hydrogen) atoms. The van der Waals surface area contributed by atoms with Crippen LogP contribution in [0.3, 0.4) is 0 Å². The van der Waals surface area contributed by atoms with Gasteiger partial charge in [-0.25, -0.2) is 9.78 Å². The number of carbonyl (C=O) groups is 1. The summed E-state index contributed by atoms with van der Waals surface area (Å²) in [5.41, 5.74) is 0.572. The van der Waals surface area contributed by atoms with Gasteiger partial charge in [-0.15, -0.1) is 0 Å². The van der Waals surface area contributed by atoms with Gasteiger partial charge in [-0.3, -0.25) is 0 Å². The first-order valence-electron chi connectivity index (χ1n) is 7.09. The fraction of sp³-hybridized carbons (Fsp3) is 0.600. The molecule has 1 aromatic heterocycles. The molecule has 1 fully saturated rings. The molecule has 0 unspecified atom stereocenters. The van der Waals surface area contributed by atoms with E-state index in [0.717, 1.165) is 31.7 Å². The van der Waals surface area contributed by atoms with Gasteiger partial charge in [-0.1, -0.05) is 13.8 Å². The van der Waals surface area contributed by atoms with E-state index in [0.29, 0.717) is 5.56 Å². The standard InChI is InChI=1S/C13H18N2O2.C2H6/c1-10(2)17-13(16)11-6-5-7-14-12(11)15-8-3-4-9-15;1-2/h5-7,10H,3-4,8-9H2,1-2H3;1-2H3. The molecule has 0 saturated carbocycles. The Morgan fingerprint density at radius 2 is 1.95 bits per heavy atom. The molecule has 0 aromatic carbocycles. The van der Waals surface area contributed by atoms with Crippen LogP contribution in [-0.4, -0.2) is 30.1 Å². The second-order valence-corrected chi connectivity index (χ2v) is 4.52. The molecule has 1 aliphatic rings. The highest BCUT2D eigenvalue weighted by Gasteiger charge is 2.21. The maximum atomic E-state index is 11.9. The second-order valence-electron chi connectivity index (χ2n) is 4.52. The predicted molar refractivity (Wildman–Crippen MR) is 77.6 cm³/mol. The Hall–Kier alpha value is -1.58. The number of pyridine rings is 1. The van der Waals surface area contributed by atoms with Gasteiger partial charge in [0, 0.05) is 19.3 Å². The summed E-state index contributed by atoms with van der Waals surface area (Å²) >= 11 is 0. The highest BCUT2D eigenvalue weighted by molar-refractivity contribution is 5.94.